The average molecular weight is 363 g/mol. The van der Waals surface area contributed by atoms with E-state index in [1.165, 1.54) is 0 Å². The van der Waals surface area contributed by atoms with Crippen molar-refractivity contribution in [3.8, 4) is 16.9 Å². The summed E-state index contributed by atoms with van der Waals surface area (Å²) in [6.45, 7) is 5.39. The molecule has 3 nitrogen and oxygen atoms in total. The zero-order chi connectivity index (χ0) is 16.2. The summed E-state index contributed by atoms with van der Waals surface area (Å²) >= 11 is 3.47. The Balaban J connectivity index is 2.16. The Hall–Kier alpha value is -1.81. The predicted molar refractivity (Wildman–Crippen MR) is 90.9 cm³/mol. The van der Waals surface area contributed by atoms with Crippen LogP contribution in [0.25, 0.3) is 11.1 Å². The number of benzene rings is 2. The maximum Gasteiger partial charge on any atom is 0.344 e. The summed E-state index contributed by atoms with van der Waals surface area (Å²) in [5.41, 5.74) is 1.45. The van der Waals surface area contributed by atoms with Gasteiger partial charge in [0.1, 0.15) is 11.4 Å². The molecule has 0 amide bonds. The van der Waals surface area contributed by atoms with Gasteiger partial charge in [0.2, 0.25) is 0 Å². The third-order valence-electron chi connectivity index (χ3n) is 2.79. The molecule has 0 aromatic heterocycles. The lowest BCUT2D eigenvalue weighted by atomic mass is 10.1. The molecule has 0 aliphatic heterocycles. The smallest absolute Gasteiger partial charge is 0.344 e. The number of hydrogen-bond acceptors (Lipinski definition) is 3. The maximum absolute atomic E-state index is 11.8. The van der Waals surface area contributed by atoms with Gasteiger partial charge in [0, 0.05) is 10.0 Å². The highest BCUT2D eigenvalue weighted by atomic mass is 79.9. The van der Waals surface area contributed by atoms with Crippen molar-refractivity contribution in [3.63, 3.8) is 0 Å². The zero-order valence-corrected chi connectivity index (χ0v) is 14.5. The lowest BCUT2D eigenvalue weighted by molar-refractivity contribution is -0.157. The molecular formula is C18H19BrO3. The van der Waals surface area contributed by atoms with E-state index >= 15 is 0 Å². The highest BCUT2D eigenvalue weighted by Gasteiger charge is 2.17. The second-order valence-corrected chi connectivity index (χ2v) is 6.80. The average Bonchev–Trinajstić information content (AvgIpc) is 2.45. The summed E-state index contributed by atoms with van der Waals surface area (Å²) in [7, 11) is 0. The van der Waals surface area contributed by atoms with Crippen molar-refractivity contribution in [3.05, 3.63) is 53.0 Å². The van der Waals surface area contributed by atoms with Crippen molar-refractivity contribution in [2.75, 3.05) is 6.61 Å². The van der Waals surface area contributed by atoms with E-state index in [-0.39, 0.29) is 12.6 Å². The van der Waals surface area contributed by atoms with Gasteiger partial charge in [0.05, 0.1) is 0 Å². The summed E-state index contributed by atoms with van der Waals surface area (Å²) in [6, 6.07) is 15.6. The van der Waals surface area contributed by atoms with E-state index < -0.39 is 5.60 Å². The Morgan fingerprint density at radius 1 is 1.09 bits per heavy atom. The van der Waals surface area contributed by atoms with Crippen LogP contribution in [0.2, 0.25) is 0 Å². The Labute approximate surface area is 139 Å². The number of hydrogen-bond donors (Lipinski definition) is 0. The molecule has 0 heterocycles. The van der Waals surface area contributed by atoms with Gasteiger partial charge in [-0.3, -0.25) is 0 Å². The molecule has 0 N–H and O–H groups in total. The quantitative estimate of drug-likeness (QED) is 0.730. The van der Waals surface area contributed by atoms with Gasteiger partial charge in [-0.15, -0.1) is 0 Å². The van der Waals surface area contributed by atoms with Crippen LogP contribution >= 0.6 is 15.9 Å². The number of rotatable bonds is 4. The van der Waals surface area contributed by atoms with E-state index in [2.05, 4.69) is 15.9 Å². The molecule has 0 spiro atoms. The molecule has 22 heavy (non-hydrogen) atoms. The van der Waals surface area contributed by atoms with Crippen molar-refractivity contribution >= 4 is 21.9 Å². The van der Waals surface area contributed by atoms with Crippen LogP contribution in [0.3, 0.4) is 0 Å². The van der Waals surface area contributed by atoms with Crippen molar-refractivity contribution < 1.29 is 14.3 Å². The van der Waals surface area contributed by atoms with Crippen LogP contribution in [-0.4, -0.2) is 18.2 Å². The second kappa shape index (κ2) is 6.97. The first kappa shape index (κ1) is 16.6. The standard InChI is InChI=1S/C18H19BrO3/c1-18(2,3)22-17(20)12-21-16-10-9-14(19)11-15(16)13-7-5-4-6-8-13/h4-11H,12H2,1-3H3. The highest BCUT2D eigenvalue weighted by Crippen LogP contribution is 2.32. The Morgan fingerprint density at radius 2 is 1.77 bits per heavy atom. The molecule has 0 fully saturated rings. The topological polar surface area (TPSA) is 35.5 Å². The molecule has 0 bridgehead atoms. The normalized spacial score (nSPS) is 11.1. The van der Waals surface area contributed by atoms with Crippen LogP contribution in [0.15, 0.2) is 53.0 Å². The summed E-state index contributed by atoms with van der Waals surface area (Å²) in [4.78, 5) is 11.8. The highest BCUT2D eigenvalue weighted by molar-refractivity contribution is 9.10. The molecule has 0 aliphatic carbocycles. The van der Waals surface area contributed by atoms with Gasteiger partial charge in [0.15, 0.2) is 6.61 Å². The number of carbonyl (C=O) groups excluding carboxylic acids is 1. The van der Waals surface area contributed by atoms with Crippen LogP contribution in [-0.2, 0) is 9.53 Å². The van der Waals surface area contributed by atoms with Gasteiger partial charge >= 0.3 is 5.97 Å². The minimum Gasteiger partial charge on any atom is -0.481 e. The molecule has 0 saturated heterocycles. The maximum atomic E-state index is 11.8. The van der Waals surface area contributed by atoms with Gasteiger partial charge in [-0.1, -0.05) is 46.3 Å². The number of halogens is 1. The molecule has 0 unspecified atom stereocenters. The van der Waals surface area contributed by atoms with E-state index in [4.69, 9.17) is 9.47 Å². The third-order valence-corrected chi connectivity index (χ3v) is 3.29. The monoisotopic (exact) mass is 362 g/mol. The number of ether oxygens (including phenoxy) is 2. The van der Waals surface area contributed by atoms with E-state index in [0.717, 1.165) is 15.6 Å². The molecule has 0 atom stereocenters. The summed E-state index contributed by atoms with van der Waals surface area (Å²) < 4.78 is 11.9. The molecule has 0 aliphatic rings. The first-order chi connectivity index (χ1) is 10.3. The summed E-state index contributed by atoms with van der Waals surface area (Å²) in [5, 5.41) is 0. The second-order valence-electron chi connectivity index (χ2n) is 5.88. The molecule has 2 aromatic rings. The largest absolute Gasteiger partial charge is 0.481 e. The SMILES string of the molecule is CC(C)(C)OC(=O)COc1ccc(Br)cc1-c1ccccc1. The first-order valence-electron chi connectivity index (χ1n) is 7.05. The van der Waals surface area contributed by atoms with E-state index in [0.29, 0.717) is 5.75 Å². The van der Waals surface area contributed by atoms with Gasteiger partial charge in [0.25, 0.3) is 0 Å². The molecule has 2 aromatic carbocycles. The molecule has 2 rings (SSSR count). The molecule has 0 saturated carbocycles. The van der Waals surface area contributed by atoms with Crippen molar-refractivity contribution in [1.29, 1.82) is 0 Å². The summed E-state index contributed by atoms with van der Waals surface area (Å²) in [5.74, 6) is 0.273. The Kier molecular flexibility index (Phi) is 5.24. The lowest BCUT2D eigenvalue weighted by Crippen LogP contribution is -2.27. The summed E-state index contributed by atoms with van der Waals surface area (Å²) in [6.07, 6.45) is 0. The molecule has 116 valence electrons. The fourth-order valence-electron chi connectivity index (χ4n) is 1.98. The molecule has 4 heteroatoms. The number of esters is 1. The fraction of sp³-hybridized carbons (Fsp3) is 0.278. The first-order valence-corrected chi connectivity index (χ1v) is 7.84. The molecule has 0 radical (unpaired) electrons. The number of carbonyl (C=O) groups is 1. The third kappa shape index (κ3) is 4.88. The zero-order valence-electron chi connectivity index (χ0n) is 12.9. The van der Waals surface area contributed by atoms with E-state index in [1.54, 1.807) is 0 Å². The van der Waals surface area contributed by atoms with Gasteiger partial charge < -0.3 is 9.47 Å². The van der Waals surface area contributed by atoms with Crippen LogP contribution in [0.4, 0.5) is 0 Å². The van der Waals surface area contributed by atoms with Crippen LogP contribution in [0, 0.1) is 0 Å². The Bertz CT molecular complexity index is 645. The van der Waals surface area contributed by atoms with Crippen LogP contribution in [0.1, 0.15) is 20.8 Å². The van der Waals surface area contributed by atoms with Crippen molar-refractivity contribution in [1.82, 2.24) is 0 Å². The minimum absolute atomic E-state index is 0.112. The Morgan fingerprint density at radius 3 is 2.41 bits per heavy atom. The lowest BCUT2D eigenvalue weighted by Gasteiger charge is -2.20. The van der Waals surface area contributed by atoms with Crippen molar-refractivity contribution in [2.24, 2.45) is 0 Å². The fourth-order valence-corrected chi connectivity index (χ4v) is 2.34. The predicted octanol–water partition coefficient (Wildman–Crippen LogP) is 4.84. The van der Waals surface area contributed by atoms with Crippen LogP contribution < -0.4 is 4.74 Å². The van der Waals surface area contributed by atoms with Gasteiger partial charge in [-0.25, -0.2) is 4.79 Å². The minimum atomic E-state index is -0.511. The van der Waals surface area contributed by atoms with Gasteiger partial charge in [-0.05, 0) is 44.5 Å². The van der Waals surface area contributed by atoms with Crippen molar-refractivity contribution in [2.45, 2.75) is 26.4 Å². The van der Waals surface area contributed by atoms with Gasteiger partial charge in [-0.2, -0.15) is 0 Å². The van der Waals surface area contributed by atoms with E-state index in [9.17, 15) is 4.79 Å². The van der Waals surface area contributed by atoms with E-state index in [1.807, 2.05) is 69.3 Å². The molecular weight excluding hydrogens is 344 g/mol. The van der Waals surface area contributed by atoms with Crippen LogP contribution in [0.5, 0.6) is 5.75 Å².